The summed E-state index contributed by atoms with van der Waals surface area (Å²) in [6, 6.07) is 6.73. The first-order chi connectivity index (χ1) is 14.1. The van der Waals surface area contributed by atoms with Crippen molar-refractivity contribution in [3.05, 3.63) is 51.9 Å². The Labute approximate surface area is 166 Å². The topological polar surface area (TPSA) is 111 Å². The van der Waals surface area contributed by atoms with E-state index in [2.05, 4.69) is 10.3 Å². The summed E-state index contributed by atoms with van der Waals surface area (Å²) in [4.78, 5) is 30.4. The number of amides is 1. The molecule has 1 amide bonds. The molecule has 4 rings (SSSR count). The highest BCUT2D eigenvalue weighted by molar-refractivity contribution is 5.96. The van der Waals surface area contributed by atoms with Crippen molar-refractivity contribution in [2.45, 2.75) is 25.5 Å². The van der Waals surface area contributed by atoms with Gasteiger partial charge in [0.2, 0.25) is 0 Å². The molecule has 0 unspecified atom stereocenters. The Morgan fingerprint density at radius 1 is 1.45 bits per heavy atom. The molecule has 9 heteroatoms. The molecule has 0 saturated carbocycles. The van der Waals surface area contributed by atoms with Gasteiger partial charge in [0.15, 0.2) is 0 Å². The molecule has 3 aromatic heterocycles. The third-order valence-electron chi connectivity index (χ3n) is 5.10. The first-order valence-electron chi connectivity index (χ1n) is 9.58. The highest BCUT2D eigenvalue weighted by atomic mass is 16.5. The minimum absolute atomic E-state index is 0.00780. The number of carbonyl (C=O) groups excluding carboxylic acids is 1. The summed E-state index contributed by atoms with van der Waals surface area (Å²) in [6.45, 7) is 1.70. The summed E-state index contributed by atoms with van der Waals surface area (Å²) in [7, 11) is 1.56. The van der Waals surface area contributed by atoms with E-state index in [9.17, 15) is 9.59 Å². The highest BCUT2D eigenvalue weighted by Crippen LogP contribution is 2.12. The van der Waals surface area contributed by atoms with Gasteiger partial charge < -0.3 is 19.4 Å². The minimum Gasteiger partial charge on any atom is -0.383 e. The van der Waals surface area contributed by atoms with Gasteiger partial charge in [0, 0.05) is 33.0 Å². The van der Waals surface area contributed by atoms with Gasteiger partial charge in [-0.1, -0.05) is 6.07 Å². The second-order valence-electron chi connectivity index (χ2n) is 6.98. The number of pyridine rings is 2. The number of hydrogen-bond acceptors (Lipinski definition) is 6. The monoisotopic (exact) mass is 397 g/mol. The maximum absolute atomic E-state index is 13.0. The molecular weight excluding hydrogens is 374 g/mol. The largest absolute Gasteiger partial charge is 0.383 e. The van der Waals surface area contributed by atoms with Crippen molar-refractivity contribution in [3.63, 3.8) is 0 Å². The lowest BCUT2D eigenvalue weighted by Gasteiger charge is -2.15. The van der Waals surface area contributed by atoms with Crippen LogP contribution in [0.25, 0.3) is 16.7 Å². The standard InChI is InChI=1S/C20H23N5O4/c1-28-10-8-25-17(21)14(19(26)22-12-13-5-4-9-29-13)11-15-18(25)23-16-6-2-3-7-24(16)20(15)27/h2-3,6-7,11,13,21H,4-5,8-10,12H2,1H3,(H,22,26)/t13-/m0/s1. The van der Waals surface area contributed by atoms with Crippen LogP contribution in [0.1, 0.15) is 23.2 Å². The van der Waals surface area contributed by atoms with Crippen molar-refractivity contribution in [1.82, 2.24) is 19.3 Å². The lowest BCUT2D eigenvalue weighted by Crippen LogP contribution is -2.38. The van der Waals surface area contributed by atoms with Crippen molar-refractivity contribution in [3.8, 4) is 0 Å². The van der Waals surface area contributed by atoms with E-state index in [1.54, 1.807) is 36.1 Å². The van der Waals surface area contributed by atoms with E-state index in [0.717, 1.165) is 12.8 Å². The van der Waals surface area contributed by atoms with Gasteiger partial charge in [-0.2, -0.15) is 0 Å². The zero-order valence-corrected chi connectivity index (χ0v) is 16.2. The van der Waals surface area contributed by atoms with Crippen LogP contribution >= 0.6 is 0 Å². The molecule has 0 radical (unpaired) electrons. The van der Waals surface area contributed by atoms with Crippen molar-refractivity contribution in [2.75, 3.05) is 26.9 Å². The third-order valence-corrected chi connectivity index (χ3v) is 5.10. The number of methoxy groups -OCH3 is 1. The number of rotatable bonds is 6. The van der Waals surface area contributed by atoms with Crippen LogP contribution < -0.4 is 16.4 Å². The fraction of sp³-hybridized carbons (Fsp3) is 0.400. The number of nitrogens with one attached hydrogen (secondary N) is 2. The van der Waals surface area contributed by atoms with Gasteiger partial charge in [-0.05, 0) is 31.0 Å². The molecule has 0 spiro atoms. The van der Waals surface area contributed by atoms with Crippen LogP contribution in [0, 0.1) is 5.41 Å². The summed E-state index contributed by atoms with van der Waals surface area (Å²) in [5.74, 6) is -0.406. The van der Waals surface area contributed by atoms with Gasteiger partial charge in [0.25, 0.3) is 11.5 Å². The molecule has 1 saturated heterocycles. The molecule has 4 heterocycles. The van der Waals surface area contributed by atoms with Gasteiger partial charge in [0.05, 0.1) is 23.7 Å². The molecule has 9 nitrogen and oxygen atoms in total. The molecule has 1 fully saturated rings. The van der Waals surface area contributed by atoms with E-state index in [0.29, 0.717) is 37.6 Å². The third kappa shape index (κ3) is 3.66. The molecule has 1 aliphatic heterocycles. The normalized spacial score (nSPS) is 16.5. The molecule has 0 aromatic carbocycles. The van der Waals surface area contributed by atoms with Crippen LogP contribution in [0.2, 0.25) is 0 Å². The summed E-state index contributed by atoms with van der Waals surface area (Å²) >= 11 is 0. The molecule has 29 heavy (non-hydrogen) atoms. The summed E-state index contributed by atoms with van der Waals surface area (Å²) in [5, 5.41) is 11.7. The van der Waals surface area contributed by atoms with Crippen molar-refractivity contribution < 1.29 is 14.3 Å². The van der Waals surface area contributed by atoms with Crippen LogP contribution in [-0.2, 0) is 16.0 Å². The maximum atomic E-state index is 13.0. The average Bonchev–Trinajstić information content (AvgIpc) is 3.25. The maximum Gasteiger partial charge on any atom is 0.267 e. The Morgan fingerprint density at radius 2 is 2.31 bits per heavy atom. The lowest BCUT2D eigenvalue weighted by molar-refractivity contribution is 0.0855. The Morgan fingerprint density at radius 3 is 3.07 bits per heavy atom. The van der Waals surface area contributed by atoms with Gasteiger partial charge in [0.1, 0.15) is 16.8 Å². The molecule has 1 atom stereocenters. The van der Waals surface area contributed by atoms with E-state index < -0.39 is 5.91 Å². The summed E-state index contributed by atoms with van der Waals surface area (Å²) in [6.07, 6.45) is 3.50. The zero-order valence-electron chi connectivity index (χ0n) is 16.2. The smallest absolute Gasteiger partial charge is 0.267 e. The van der Waals surface area contributed by atoms with Crippen LogP contribution in [0.5, 0.6) is 0 Å². The van der Waals surface area contributed by atoms with Gasteiger partial charge >= 0.3 is 0 Å². The molecule has 152 valence electrons. The molecule has 3 aromatic rings. The van der Waals surface area contributed by atoms with Gasteiger partial charge in [-0.3, -0.25) is 19.4 Å². The van der Waals surface area contributed by atoms with Gasteiger partial charge in [-0.15, -0.1) is 0 Å². The number of aromatic nitrogens is 3. The van der Waals surface area contributed by atoms with Crippen molar-refractivity contribution in [2.24, 2.45) is 0 Å². The second-order valence-corrected chi connectivity index (χ2v) is 6.98. The SMILES string of the molecule is COCCn1c(=N)c(C(=O)NC[C@@H]2CCCO2)cc2c(=O)n3ccccc3nc21. The number of carbonyl (C=O) groups is 1. The van der Waals surface area contributed by atoms with Crippen molar-refractivity contribution >= 4 is 22.6 Å². The van der Waals surface area contributed by atoms with Crippen LogP contribution in [0.3, 0.4) is 0 Å². The summed E-state index contributed by atoms with van der Waals surface area (Å²) < 4.78 is 13.7. The van der Waals surface area contributed by atoms with E-state index in [1.807, 2.05) is 0 Å². The van der Waals surface area contributed by atoms with E-state index in [1.165, 1.54) is 10.5 Å². The molecule has 2 N–H and O–H groups in total. The van der Waals surface area contributed by atoms with Gasteiger partial charge in [-0.25, -0.2) is 4.98 Å². The Kier molecular flexibility index (Phi) is 5.41. The molecule has 0 bridgehead atoms. The minimum atomic E-state index is -0.406. The zero-order chi connectivity index (χ0) is 20.4. The molecule has 0 aliphatic carbocycles. The van der Waals surface area contributed by atoms with Crippen molar-refractivity contribution in [1.29, 1.82) is 5.41 Å². The van der Waals surface area contributed by atoms with Crippen LogP contribution in [-0.4, -0.2) is 52.8 Å². The van der Waals surface area contributed by atoms with Crippen LogP contribution in [0.15, 0.2) is 35.3 Å². The first kappa shape index (κ1) is 19.3. The lowest BCUT2D eigenvalue weighted by atomic mass is 10.2. The van der Waals surface area contributed by atoms with Crippen LogP contribution in [0.4, 0.5) is 0 Å². The fourth-order valence-electron chi connectivity index (χ4n) is 3.57. The van der Waals surface area contributed by atoms with E-state index in [4.69, 9.17) is 14.9 Å². The number of hydrogen-bond donors (Lipinski definition) is 2. The predicted molar refractivity (Wildman–Crippen MR) is 106 cm³/mol. The summed E-state index contributed by atoms with van der Waals surface area (Å²) in [5.41, 5.74) is 0.669. The first-order valence-corrected chi connectivity index (χ1v) is 9.58. The number of nitrogens with zero attached hydrogens (tertiary/aromatic N) is 3. The highest BCUT2D eigenvalue weighted by Gasteiger charge is 2.20. The van der Waals surface area contributed by atoms with E-state index >= 15 is 0 Å². The predicted octanol–water partition coefficient (Wildman–Crippen LogP) is 0.684. The molecule has 1 aliphatic rings. The number of fused-ring (bicyclic) bond motifs is 2. The Bertz CT molecular complexity index is 1180. The Balaban J connectivity index is 1.83. The van der Waals surface area contributed by atoms with E-state index in [-0.39, 0.29) is 28.1 Å². The number of ether oxygens (including phenoxy) is 2. The Hall–Kier alpha value is -3.04. The quantitative estimate of drug-likeness (QED) is 0.595. The second kappa shape index (κ2) is 8.14. The average molecular weight is 397 g/mol. The molecular formula is C20H23N5O4. The fourth-order valence-corrected chi connectivity index (χ4v) is 3.57.